The van der Waals surface area contributed by atoms with Crippen molar-refractivity contribution in [1.29, 1.82) is 0 Å². The third kappa shape index (κ3) is 4.83. The van der Waals surface area contributed by atoms with Crippen LogP contribution in [0.25, 0.3) is 0 Å². The van der Waals surface area contributed by atoms with E-state index in [0.29, 0.717) is 11.9 Å². The van der Waals surface area contributed by atoms with Crippen LogP contribution in [0.5, 0.6) is 0 Å². The van der Waals surface area contributed by atoms with Crippen LogP contribution in [0.4, 0.5) is 30.8 Å². The zero-order valence-electron chi connectivity index (χ0n) is 18.7. The highest BCUT2D eigenvalue weighted by Crippen LogP contribution is 2.37. The number of anilines is 3. The van der Waals surface area contributed by atoms with E-state index >= 15 is 0 Å². The maximum atomic E-state index is 13.3. The lowest BCUT2D eigenvalue weighted by atomic mass is 9.26. The Labute approximate surface area is 201 Å². The Morgan fingerprint density at radius 1 is 1.03 bits per heavy atom. The smallest absolute Gasteiger partial charge is 0.370 e. The van der Waals surface area contributed by atoms with Crippen molar-refractivity contribution in [3.05, 3.63) is 35.9 Å². The fourth-order valence-corrected chi connectivity index (χ4v) is 2.91. The topological polar surface area (TPSA) is 98.4 Å². The predicted octanol–water partition coefficient (Wildman–Crippen LogP) is 0.769. The summed E-state index contributed by atoms with van der Waals surface area (Å²) in [6, 6.07) is 1.50. The average Bonchev–Trinajstić information content (AvgIpc) is 3.37. The molecule has 0 spiro atoms. The van der Waals surface area contributed by atoms with Crippen molar-refractivity contribution in [2.24, 2.45) is 0 Å². The summed E-state index contributed by atoms with van der Waals surface area (Å²) in [6.45, 7) is 5.34. The lowest BCUT2D eigenvalue weighted by molar-refractivity contribution is -0.137. The Hall–Kier alpha value is -2.86. The molecule has 166 valence electrons. The molecule has 0 fully saturated rings. The quantitative estimate of drug-likeness (QED) is 0.481. The van der Waals surface area contributed by atoms with Gasteiger partial charge < -0.3 is 10.6 Å². The van der Waals surface area contributed by atoms with Crippen LogP contribution >= 0.6 is 0 Å². The van der Waals surface area contributed by atoms with Gasteiger partial charge in [-0.1, -0.05) is 0 Å². The number of alkyl halides is 3. The second kappa shape index (κ2) is 8.73. The second-order valence-corrected chi connectivity index (χ2v) is 8.07. The molecule has 0 aliphatic rings. The van der Waals surface area contributed by atoms with Gasteiger partial charge in [-0.2, -0.15) is 38.2 Å². The van der Waals surface area contributed by atoms with Gasteiger partial charge in [0.1, 0.15) is 22.7 Å². The molecular weight excluding hydrogens is 441 g/mol. The molecule has 0 saturated carbocycles. The minimum absolute atomic E-state index is 0.0492. The molecule has 17 heteroatoms. The molecular formula is C17H17B5F3N9. The Kier molecular flexibility index (Phi) is 6.62. The van der Waals surface area contributed by atoms with Gasteiger partial charge >= 0.3 is 6.18 Å². The zero-order chi connectivity index (χ0) is 25.5. The van der Waals surface area contributed by atoms with Crippen LogP contribution < -0.4 is 10.6 Å². The summed E-state index contributed by atoms with van der Waals surface area (Å²) in [5.41, 5.74) is -1.61. The molecule has 0 saturated heterocycles. The molecule has 3 heterocycles. The summed E-state index contributed by atoms with van der Waals surface area (Å²) < 4.78 is 40.9. The lowest BCUT2D eigenvalue weighted by Gasteiger charge is -2.43. The van der Waals surface area contributed by atoms with E-state index in [-0.39, 0.29) is 18.3 Å². The molecule has 3 rings (SSSR count). The molecule has 0 aliphatic heterocycles. The van der Waals surface area contributed by atoms with E-state index in [2.05, 4.69) is 35.9 Å². The first-order chi connectivity index (χ1) is 15.6. The molecule has 9 nitrogen and oxygen atoms in total. The van der Waals surface area contributed by atoms with Crippen molar-refractivity contribution < 1.29 is 13.2 Å². The average molecular weight is 458 g/mol. The van der Waals surface area contributed by atoms with Gasteiger partial charge in [-0.3, -0.25) is 4.68 Å². The number of halogens is 3. The largest absolute Gasteiger partial charge is 0.421 e. The van der Waals surface area contributed by atoms with E-state index in [0.717, 1.165) is 4.68 Å². The molecule has 0 atom stereocenters. The maximum Gasteiger partial charge on any atom is 0.421 e. The standard InChI is InChI=1S/C17H17B5F3N9/c1-4-26-12-9(15(23,24)25)8-27-13(31-12)30-11-7-10(14(2,3)34-28-5-6-29-34)32-33(11)17(21,22)16(18,19)20/h5-8H,4H2,1-3H3,(H2,26,27,30,31). The second-order valence-electron chi connectivity index (χ2n) is 8.07. The predicted molar refractivity (Wildman–Crippen MR) is 125 cm³/mol. The van der Waals surface area contributed by atoms with Crippen LogP contribution in [-0.4, -0.2) is 80.5 Å². The fourth-order valence-electron chi connectivity index (χ4n) is 2.91. The van der Waals surface area contributed by atoms with E-state index in [4.69, 9.17) is 39.2 Å². The summed E-state index contributed by atoms with van der Waals surface area (Å²) in [7, 11) is 29.6. The van der Waals surface area contributed by atoms with Crippen LogP contribution in [0.3, 0.4) is 0 Å². The SMILES string of the molecule is [B]C([B])([B])C([B])([B])n1nc(C(C)(C)n2nccn2)cc1Nc1ncc(C(F)(F)F)c(NCC)n1. The maximum absolute atomic E-state index is 13.3. The van der Waals surface area contributed by atoms with Crippen LogP contribution in [0.2, 0.25) is 5.11 Å². The van der Waals surface area contributed by atoms with Crippen molar-refractivity contribution in [2.75, 3.05) is 17.2 Å². The Morgan fingerprint density at radius 3 is 2.18 bits per heavy atom. The Morgan fingerprint density at radius 2 is 1.65 bits per heavy atom. The first kappa shape index (κ1) is 25.8. The molecule has 3 aromatic rings. The zero-order valence-corrected chi connectivity index (χ0v) is 18.7. The number of hydrogen-bond donors (Lipinski definition) is 2. The summed E-state index contributed by atoms with van der Waals surface area (Å²) in [6.07, 6.45) is -1.05. The molecule has 34 heavy (non-hydrogen) atoms. The third-order valence-electron chi connectivity index (χ3n) is 4.98. The van der Waals surface area contributed by atoms with Crippen molar-refractivity contribution in [3.63, 3.8) is 0 Å². The number of aromatic nitrogens is 7. The number of nitrogens with one attached hydrogen (secondary N) is 2. The Balaban J connectivity index is 2.12. The van der Waals surface area contributed by atoms with Crippen LogP contribution in [0.1, 0.15) is 32.0 Å². The number of rotatable bonds is 8. The summed E-state index contributed by atoms with van der Waals surface area (Å²) in [5, 5.41) is 13.7. The molecule has 3 aromatic heterocycles. The van der Waals surface area contributed by atoms with Crippen molar-refractivity contribution in [2.45, 2.75) is 42.9 Å². The van der Waals surface area contributed by atoms with Gasteiger partial charge in [-0.15, -0.1) is 5.11 Å². The van der Waals surface area contributed by atoms with E-state index in [1.165, 1.54) is 23.3 Å². The van der Waals surface area contributed by atoms with Crippen LogP contribution in [0, 0.1) is 0 Å². The van der Waals surface area contributed by atoms with E-state index < -0.39 is 33.5 Å². The van der Waals surface area contributed by atoms with E-state index in [1.54, 1.807) is 20.8 Å². The normalized spacial score (nSPS) is 13.1. The highest BCUT2D eigenvalue weighted by Gasteiger charge is 2.38. The first-order valence-electron chi connectivity index (χ1n) is 9.96. The van der Waals surface area contributed by atoms with Gasteiger partial charge in [0.05, 0.1) is 57.3 Å². The molecule has 0 bridgehead atoms. The minimum atomic E-state index is -4.66. The van der Waals surface area contributed by atoms with Crippen LogP contribution in [0.15, 0.2) is 24.7 Å². The highest BCUT2D eigenvalue weighted by molar-refractivity contribution is 6.66. The van der Waals surface area contributed by atoms with Gasteiger partial charge in [-0.25, -0.2) is 4.98 Å². The summed E-state index contributed by atoms with van der Waals surface area (Å²) >= 11 is 0. The van der Waals surface area contributed by atoms with Gasteiger partial charge in [-0.05, 0) is 26.1 Å². The highest BCUT2D eigenvalue weighted by atomic mass is 19.4. The van der Waals surface area contributed by atoms with Crippen molar-refractivity contribution in [3.8, 4) is 0 Å². The van der Waals surface area contributed by atoms with Crippen molar-refractivity contribution >= 4 is 56.8 Å². The van der Waals surface area contributed by atoms with Gasteiger partial charge in [0.25, 0.3) is 0 Å². The monoisotopic (exact) mass is 459 g/mol. The molecule has 10 radical (unpaired) electrons. The lowest BCUT2D eigenvalue weighted by Crippen LogP contribution is -2.49. The fraction of sp³-hybridized carbons (Fsp3) is 0.471. The molecule has 0 aliphatic carbocycles. The van der Waals surface area contributed by atoms with E-state index in [9.17, 15) is 13.2 Å². The van der Waals surface area contributed by atoms with Gasteiger partial charge in [0.2, 0.25) is 5.95 Å². The molecule has 0 unspecified atom stereocenters. The molecule has 2 N–H and O–H groups in total. The van der Waals surface area contributed by atoms with Gasteiger partial charge in [0, 0.05) is 18.8 Å². The van der Waals surface area contributed by atoms with Crippen molar-refractivity contribution in [1.82, 2.24) is 34.7 Å². The van der Waals surface area contributed by atoms with E-state index in [1.807, 2.05) is 0 Å². The molecule has 0 aromatic carbocycles. The van der Waals surface area contributed by atoms with Gasteiger partial charge in [0.15, 0.2) is 0 Å². The van der Waals surface area contributed by atoms with Crippen LogP contribution in [-0.2, 0) is 17.1 Å². The third-order valence-corrected chi connectivity index (χ3v) is 4.98. The molecule has 0 amide bonds. The minimum Gasteiger partial charge on any atom is -0.370 e. The number of nitrogens with zero attached hydrogens (tertiary/aromatic N) is 7. The first-order valence-corrected chi connectivity index (χ1v) is 9.96. The number of hydrogen-bond acceptors (Lipinski definition) is 7. The summed E-state index contributed by atoms with van der Waals surface area (Å²) in [5.74, 6) is -0.579. The Bertz CT molecular complexity index is 1140. The summed E-state index contributed by atoms with van der Waals surface area (Å²) in [4.78, 5) is 9.08.